The maximum atomic E-state index is 12.7. The van der Waals surface area contributed by atoms with E-state index in [1.54, 1.807) is 41.2 Å². The summed E-state index contributed by atoms with van der Waals surface area (Å²) in [5.41, 5.74) is 1.94. The summed E-state index contributed by atoms with van der Waals surface area (Å²) in [6.07, 6.45) is 3.16. The molecule has 0 aliphatic carbocycles. The third kappa shape index (κ3) is 3.87. The van der Waals surface area contributed by atoms with Gasteiger partial charge in [-0.1, -0.05) is 18.2 Å². The molecule has 3 fully saturated rings. The zero-order chi connectivity index (χ0) is 24.2. The molecule has 3 saturated heterocycles. The summed E-state index contributed by atoms with van der Waals surface area (Å²) in [7, 11) is 0. The lowest BCUT2D eigenvalue weighted by Gasteiger charge is -2.24. The van der Waals surface area contributed by atoms with Gasteiger partial charge in [0.2, 0.25) is 0 Å². The van der Waals surface area contributed by atoms with Gasteiger partial charge in [0.15, 0.2) is 29.0 Å². The van der Waals surface area contributed by atoms with Gasteiger partial charge in [-0.2, -0.15) is 0 Å². The molecule has 11 heteroatoms. The van der Waals surface area contributed by atoms with E-state index >= 15 is 0 Å². The second kappa shape index (κ2) is 8.22. The second-order valence-electron chi connectivity index (χ2n) is 9.00. The Hall–Kier alpha value is -3.67. The highest BCUT2D eigenvalue weighted by Crippen LogP contribution is 2.44. The summed E-state index contributed by atoms with van der Waals surface area (Å²) in [5, 5.41) is 2.80. The summed E-state index contributed by atoms with van der Waals surface area (Å²) >= 11 is 0. The lowest BCUT2D eigenvalue weighted by Crippen LogP contribution is -2.28. The van der Waals surface area contributed by atoms with Crippen LogP contribution in [0.25, 0.3) is 11.2 Å². The molecule has 11 nitrogen and oxygen atoms in total. The van der Waals surface area contributed by atoms with Crippen LogP contribution in [0.15, 0.2) is 54.6 Å². The van der Waals surface area contributed by atoms with Gasteiger partial charge in [-0.05, 0) is 32.1 Å². The third-order valence-corrected chi connectivity index (χ3v) is 6.20. The second-order valence-corrected chi connectivity index (χ2v) is 9.00. The molecule has 0 spiro atoms. The first-order chi connectivity index (χ1) is 16.9. The molecule has 2 aromatic heterocycles. The maximum Gasteiger partial charge on any atom is 0.333 e. The van der Waals surface area contributed by atoms with Crippen LogP contribution in [0.3, 0.4) is 0 Å². The van der Waals surface area contributed by atoms with Crippen LogP contribution in [0, 0.1) is 0 Å². The average molecular weight is 477 g/mol. The number of benzene rings is 1. The van der Waals surface area contributed by atoms with E-state index in [-0.39, 0.29) is 17.7 Å². The molecule has 180 valence electrons. The van der Waals surface area contributed by atoms with E-state index in [0.717, 1.165) is 0 Å². The van der Waals surface area contributed by atoms with E-state index < -0.39 is 30.3 Å². The van der Waals surface area contributed by atoms with Crippen LogP contribution in [0.2, 0.25) is 0 Å². The number of hydrogen-bond acceptors (Lipinski definition) is 9. The Kier molecular flexibility index (Phi) is 5.13. The molecule has 35 heavy (non-hydrogen) atoms. The lowest BCUT2D eigenvalue weighted by molar-refractivity contribution is -0.191. The largest absolute Gasteiger partial charge is 0.462 e. The molecule has 0 radical (unpaired) electrons. The van der Waals surface area contributed by atoms with Crippen molar-refractivity contribution in [3.05, 3.63) is 60.2 Å². The van der Waals surface area contributed by atoms with Crippen molar-refractivity contribution >= 4 is 28.9 Å². The Morgan fingerprint density at radius 3 is 2.71 bits per heavy atom. The molecular weight excluding hydrogens is 454 g/mol. The normalized spacial score (nSPS) is 28.4. The van der Waals surface area contributed by atoms with E-state index in [1.807, 2.05) is 19.9 Å². The van der Waals surface area contributed by atoms with Gasteiger partial charge < -0.3 is 24.3 Å². The van der Waals surface area contributed by atoms with E-state index in [2.05, 4.69) is 20.3 Å². The molecule has 1 N–H and O–H groups in total. The fourth-order valence-corrected chi connectivity index (χ4v) is 4.66. The monoisotopic (exact) mass is 477 g/mol. The first-order valence-corrected chi connectivity index (χ1v) is 11.3. The fraction of sp³-hybridized carbons (Fsp3) is 0.375. The number of nitrogens with zero attached hydrogens (tertiary/aromatic N) is 4. The quantitative estimate of drug-likeness (QED) is 0.445. The maximum absolute atomic E-state index is 12.7. The van der Waals surface area contributed by atoms with Crippen LogP contribution in [0.5, 0.6) is 0 Å². The van der Waals surface area contributed by atoms with Crippen LogP contribution >= 0.6 is 0 Å². The Bertz CT molecular complexity index is 1340. The van der Waals surface area contributed by atoms with E-state index in [0.29, 0.717) is 35.3 Å². The van der Waals surface area contributed by atoms with E-state index in [1.165, 1.54) is 6.33 Å². The summed E-state index contributed by atoms with van der Waals surface area (Å²) < 4.78 is 25.4. The Balaban J connectivity index is 1.33. The highest BCUT2D eigenvalue weighted by Gasteiger charge is 2.55. The minimum atomic E-state index is -0.829. The number of aromatic nitrogens is 4. The predicted octanol–water partition coefficient (Wildman–Crippen LogP) is 2.37. The Morgan fingerprint density at radius 1 is 1.14 bits per heavy atom. The van der Waals surface area contributed by atoms with Crippen LogP contribution in [-0.2, 0) is 23.7 Å². The SMILES string of the molecule is CC1(C)O[C@@H]2[C@H](O1)[C@@H](/C=C1\CCOC1=O)O[C@H]2n1cnc2c(NC(=O)c3ccccc3)ncnc21. The van der Waals surface area contributed by atoms with Crippen LogP contribution < -0.4 is 5.32 Å². The molecule has 1 amide bonds. The Morgan fingerprint density at radius 2 is 1.94 bits per heavy atom. The standard InChI is InChI=1S/C24H23N5O6/c1-24(2)34-17-15(10-14-8-9-32-23(14)31)33-22(18(17)35-24)29-12-27-16-19(25-11-26-20(16)29)28-21(30)13-6-4-3-5-7-13/h3-7,10-12,15,17-18,22H,8-9H2,1-2H3,(H,25,26,28,30)/b14-10+/t15-,17-,18-,22-/m1/s1. The van der Waals surface area contributed by atoms with Crippen molar-refractivity contribution in [1.82, 2.24) is 19.5 Å². The summed E-state index contributed by atoms with van der Waals surface area (Å²) in [5.74, 6) is -1.19. The van der Waals surface area contributed by atoms with Gasteiger partial charge in [0.25, 0.3) is 5.91 Å². The van der Waals surface area contributed by atoms with Gasteiger partial charge in [0.05, 0.1) is 12.9 Å². The zero-order valence-electron chi connectivity index (χ0n) is 19.1. The van der Waals surface area contributed by atoms with Gasteiger partial charge in [-0.25, -0.2) is 19.7 Å². The molecule has 0 unspecified atom stereocenters. The van der Waals surface area contributed by atoms with Gasteiger partial charge in [0, 0.05) is 17.6 Å². The molecule has 0 bridgehead atoms. The molecule has 4 atom stereocenters. The number of ether oxygens (including phenoxy) is 4. The number of imidazole rings is 1. The van der Waals surface area contributed by atoms with Crippen LogP contribution in [0.1, 0.15) is 36.9 Å². The predicted molar refractivity (Wildman–Crippen MR) is 121 cm³/mol. The number of amides is 1. The molecule has 1 aromatic carbocycles. The highest BCUT2D eigenvalue weighted by atomic mass is 16.8. The van der Waals surface area contributed by atoms with Gasteiger partial charge >= 0.3 is 5.97 Å². The molecule has 0 saturated carbocycles. The van der Waals surface area contributed by atoms with Crippen molar-refractivity contribution in [2.45, 2.75) is 50.6 Å². The van der Waals surface area contributed by atoms with Crippen LogP contribution in [0.4, 0.5) is 5.82 Å². The number of hydrogen-bond donors (Lipinski definition) is 1. The molecule has 5 heterocycles. The van der Waals surface area contributed by atoms with Gasteiger partial charge in [-0.15, -0.1) is 0 Å². The zero-order valence-corrected chi connectivity index (χ0v) is 19.1. The van der Waals surface area contributed by atoms with Crippen LogP contribution in [-0.4, -0.2) is 62.1 Å². The smallest absolute Gasteiger partial charge is 0.333 e. The first kappa shape index (κ1) is 21.8. The fourth-order valence-electron chi connectivity index (χ4n) is 4.66. The van der Waals surface area contributed by atoms with Gasteiger partial charge in [-0.3, -0.25) is 9.36 Å². The van der Waals surface area contributed by atoms with Crippen molar-refractivity contribution in [3.8, 4) is 0 Å². The number of fused-ring (bicyclic) bond motifs is 2. The minimum Gasteiger partial charge on any atom is -0.462 e. The number of cyclic esters (lactones) is 1. The van der Waals surface area contributed by atoms with Crippen molar-refractivity contribution in [3.63, 3.8) is 0 Å². The number of carbonyl (C=O) groups excluding carboxylic acids is 2. The minimum absolute atomic E-state index is 0.286. The van der Waals surface area contributed by atoms with E-state index in [9.17, 15) is 9.59 Å². The molecular formula is C24H23N5O6. The molecule has 3 aliphatic rings. The summed E-state index contributed by atoms with van der Waals surface area (Å²) in [6.45, 7) is 4.03. The number of anilines is 1. The molecule has 3 aromatic rings. The van der Waals surface area contributed by atoms with Gasteiger partial charge in [0.1, 0.15) is 24.6 Å². The molecule has 3 aliphatic heterocycles. The topological polar surface area (TPSA) is 127 Å². The summed E-state index contributed by atoms with van der Waals surface area (Å²) in [4.78, 5) is 37.7. The molecule has 6 rings (SSSR count). The number of carbonyl (C=O) groups is 2. The average Bonchev–Trinajstić information content (AvgIpc) is 3.59. The number of nitrogens with one attached hydrogen (secondary N) is 1. The van der Waals surface area contributed by atoms with E-state index in [4.69, 9.17) is 18.9 Å². The highest BCUT2D eigenvalue weighted by molar-refractivity contribution is 6.06. The number of rotatable bonds is 4. The Labute approximate surface area is 200 Å². The van der Waals surface area contributed by atoms with Crippen molar-refractivity contribution in [2.24, 2.45) is 0 Å². The summed E-state index contributed by atoms with van der Waals surface area (Å²) in [6, 6.07) is 8.84. The first-order valence-electron chi connectivity index (χ1n) is 11.3. The van der Waals surface area contributed by atoms with Crippen molar-refractivity contribution in [1.29, 1.82) is 0 Å². The number of esters is 1. The third-order valence-electron chi connectivity index (χ3n) is 6.20. The lowest BCUT2D eigenvalue weighted by atomic mass is 10.1. The van der Waals surface area contributed by atoms with Crippen molar-refractivity contribution < 1.29 is 28.5 Å². The van der Waals surface area contributed by atoms with Crippen molar-refractivity contribution in [2.75, 3.05) is 11.9 Å².